The summed E-state index contributed by atoms with van der Waals surface area (Å²) in [5, 5.41) is 4.15. The number of nitrogens with zero attached hydrogens (tertiary/aromatic N) is 2. The number of nitrogens with one attached hydrogen (secondary N) is 1. The van der Waals surface area contributed by atoms with Crippen LogP contribution in [0.1, 0.15) is 50.9 Å². The molecule has 0 bridgehead atoms. The second kappa shape index (κ2) is 10.1. The Kier molecular flexibility index (Phi) is 7.25. The molecule has 0 saturated heterocycles. The van der Waals surface area contributed by atoms with E-state index < -0.39 is 0 Å². The van der Waals surface area contributed by atoms with E-state index in [1.807, 2.05) is 68.7 Å². The first-order chi connectivity index (χ1) is 15.3. The second-order valence-corrected chi connectivity index (χ2v) is 7.80. The number of rotatable bonds is 7. The fourth-order valence-electron chi connectivity index (χ4n) is 3.77. The highest BCUT2D eigenvalue weighted by Gasteiger charge is 2.17. The number of carbonyl (C=O) groups excluding carboxylic acids is 2. The second-order valence-electron chi connectivity index (χ2n) is 7.80. The monoisotopic (exact) mass is 431 g/mol. The molecular formula is C26H29N3O3. The molecule has 0 saturated carbocycles. The maximum atomic E-state index is 12.4. The molecule has 0 aliphatic carbocycles. The molecular weight excluding hydrogens is 402 g/mol. The van der Waals surface area contributed by atoms with Crippen LogP contribution in [0.15, 0.2) is 53.6 Å². The average Bonchev–Trinajstić information content (AvgIpc) is 3.03. The van der Waals surface area contributed by atoms with Gasteiger partial charge < -0.3 is 9.30 Å². The van der Waals surface area contributed by atoms with Gasteiger partial charge in [-0.1, -0.05) is 35.9 Å². The third-order valence-electron chi connectivity index (χ3n) is 5.35. The van der Waals surface area contributed by atoms with Gasteiger partial charge in [0.25, 0.3) is 0 Å². The number of amides is 1. The first-order valence-corrected chi connectivity index (χ1v) is 10.6. The summed E-state index contributed by atoms with van der Waals surface area (Å²) >= 11 is 0. The molecule has 0 aliphatic rings. The number of hydrazone groups is 1. The Balaban J connectivity index is 1.78. The van der Waals surface area contributed by atoms with Gasteiger partial charge in [-0.3, -0.25) is 4.79 Å². The molecule has 1 aromatic heterocycles. The molecule has 0 unspecified atom stereocenters. The highest BCUT2D eigenvalue weighted by Crippen LogP contribution is 2.23. The lowest BCUT2D eigenvalue weighted by Gasteiger charge is -2.14. The largest absolute Gasteiger partial charge is 0.462 e. The molecule has 1 N–H and O–H groups in total. The van der Waals surface area contributed by atoms with Crippen molar-refractivity contribution in [3.8, 4) is 5.69 Å². The predicted octanol–water partition coefficient (Wildman–Crippen LogP) is 4.58. The van der Waals surface area contributed by atoms with Crippen LogP contribution in [0, 0.1) is 27.7 Å². The van der Waals surface area contributed by atoms with E-state index in [9.17, 15) is 9.59 Å². The molecule has 3 rings (SSSR count). The molecule has 3 aromatic rings. The van der Waals surface area contributed by atoms with Crippen LogP contribution in [0.2, 0.25) is 0 Å². The Hall–Kier alpha value is -3.67. The van der Waals surface area contributed by atoms with E-state index in [1.54, 1.807) is 19.2 Å². The van der Waals surface area contributed by atoms with Crippen molar-refractivity contribution >= 4 is 18.1 Å². The minimum absolute atomic E-state index is 0.172. The van der Waals surface area contributed by atoms with Crippen LogP contribution >= 0.6 is 0 Å². The maximum Gasteiger partial charge on any atom is 0.340 e. The fraction of sp³-hybridized carbons (Fsp3) is 0.269. The smallest absolute Gasteiger partial charge is 0.340 e. The van der Waals surface area contributed by atoms with E-state index >= 15 is 0 Å². The standard InChI is InChI=1S/C26H29N3O3/c1-6-32-26(31)23-9-7-8-10-24(23)29-19(4)14-22(20(29)5)16-27-28-25(30)15-21-12-11-17(2)13-18(21)3/h7-14,16H,6,15H2,1-5H3,(H,28,30)/b27-16-. The zero-order valence-electron chi connectivity index (χ0n) is 19.2. The van der Waals surface area contributed by atoms with Crippen LogP contribution in [-0.4, -0.2) is 29.3 Å². The maximum absolute atomic E-state index is 12.4. The molecule has 2 aromatic carbocycles. The molecule has 0 spiro atoms. The molecule has 32 heavy (non-hydrogen) atoms. The number of aryl methyl sites for hydroxylation is 3. The van der Waals surface area contributed by atoms with E-state index in [0.29, 0.717) is 12.2 Å². The number of aromatic nitrogens is 1. The third kappa shape index (κ3) is 5.14. The van der Waals surface area contributed by atoms with Gasteiger partial charge in [-0.05, 0) is 63.9 Å². The van der Waals surface area contributed by atoms with Gasteiger partial charge in [0, 0.05) is 17.0 Å². The zero-order valence-corrected chi connectivity index (χ0v) is 19.2. The van der Waals surface area contributed by atoms with Crippen LogP contribution in [0.4, 0.5) is 0 Å². The van der Waals surface area contributed by atoms with Crippen LogP contribution in [0.3, 0.4) is 0 Å². The average molecular weight is 432 g/mol. The van der Waals surface area contributed by atoms with Gasteiger partial charge in [-0.2, -0.15) is 5.10 Å². The van der Waals surface area contributed by atoms with Gasteiger partial charge in [0.05, 0.1) is 30.5 Å². The van der Waals surface area contributed by atoms with Crippen LogP contribution in [0.5, 0.6) is 0 Å². The summed E-state index contributed by atoms with van der Waals surface area (Å²) in [6.07, 6.45) is 1.90. The summed E-state index contributed by atoms with van der Waals surface area (Å²) in [6.45, 7) is 10.1. The minimum Gasteiger partial charge on any atom is -0.462 e. The first kappa shape index (κ1) is 23.0. The highest BCUT2D eigenvalue weighted by molar-refractivity contribution is 5.94. The quantitative estimate of drug-likeness (QED) is 0.338. The number of para-hydroxylation sites is 1. The molecule has 166 valence electrons. The fourth-order valence-corrected chi connectivity index (χ4v) is 3.77. The topological polar surface area (TPSA) is 72.7 Å². The molecule has 1 heterocycles. The van der Waals surface area contributed by atoms with Gasteiger partial charge in [-0.25, -0.2) is 10.2 Å². The van der Waals surface area contributed by atoms with Crippen molar-refractivity contribution < 1.29 is 14.3 Å². The van der Waals surface area contributed by atoms with Crippen molar-refractivity contribution in [1.29, 1.82) is 0 Å². The molecule has 6 heteroatoms. The van der Waals surface area contributed by atoms with Crippen molar-refractivity contribution in [3.63, 3.8) is 0 Å². The van der Waals surface area contributed by atoms with Gasteiger partial charge in [0.2, 0.25) is 5.91 Å². The third-order valence-corrected chi connectivity index (χ3v) is 5.35. The van der Waals surface area contributed by atoms with E-state index in [-0.39, 0.29) is 18.3 Å². The summed E-state index contributed by atoms with van der Waals surface area (Å²) in [5.74, 6) is -0.529. The lowest BCUT2D eigenvalue weighted by molar-refractivity contribution is -0.120. The van der Waals surface area contributed by atoms with Crippen LogP contribution < -0.4 is 5.43 Å². The Labute approximate surface area is 188 Å². The SMILES string of the molecule is CCOC(=O)c1ccccc1-n1c(C)cc(/C=N\NC(=O)Cc2ccc(C)cc2C)c1C. The van der Waals surface area contributed by atoms with Gasteiger partial charge >= 0.3 is 5.97 Å². The van der Waals surface area contributed by atoms with Crippen molar-refractivity contribution in [1.82, 2.24) is 9.99 Å². The lowest BCUT2D eigenvalue weighted by atomic mass is 10.0. The highest BCUT2D eigenvalue weighted by atomic mass is 16.5. The summed E-state index contributed by atoms with van der Waals surface area (Å²) < 4.78 is 7.20. The number of esters is 1. The summed E-state index contributed by atoms with van der Waals surface area (Å²) in [7, 11) is 0. The van der Waals surface area contributed by atoms with Crippen molar-refractivity contribution in [2.75, 3.05) is 6.61 Å². The molecule has 6 nitrogen and oxygen atoms in total. The summed E-state index contributed by atoms with van der Waals surface area (Å²) in [4.78, 5) is 24.7. The number of ether oxygens (including phenoxy) is 1. The Morgan fingerprint density at radius 3 is 2.53 bits per heavy atom. The number of carbonyl (C=O) groups is 2. The first-order valence-electron chi connectivity index (χ1n) is 10.6. The van der Waals surface area contributed by atoms with Crippen molar-refractivity contribution in [2.24, 2.45) is 5.10 Å². The molecule has 1 amide bonds. The number of hydrogen-bond donors (Lipinski definition) is 1. The number of benzene rings is 2. The van der Waals surface area contributed by atoms with E-state index in [2.05, 4.69) is 16.6 Å². The van der Waals surface area contributed by atoms with Crippen molar-refractivity contribution in [3.05, 3.63) is 87.7 Å². The van der Waals surface area contributed by atoms with Gasteiger partial charge in [-0.15, -0.1) is 0 Å². The van der Waals surface area contributed by atoms with Crippen molar-refractivity contribution in [2.45, 2.75) is 41.0 Å². The van der Waals surface area contributed by atoms with E-state index in [0.717, 1.165) is 33.8 Å². The van der Waals surface area contributed by atoms with E-state index in [1.165, 1.54) is 5.56 Å². The van der Waals surface area contributed by atoms with Crippen LogP contribution in [-0.2, 0) is 16.0 Å². The Morgan fingerprint density at radius 1 is 1.06 bits per heavy atom. The Bertz CT molecular complexity index is 1180. The molecule has 0 atom stereocenters. The summed E-state index contributed by atoms with van der Waals surface area (Å²) in [5.41, 5.74) is 9.82. The van der Waals surface area contributed by atoms with Gasteiger partial charge in [0.1, 0.15) is 0 Å². The zero-order chi connectivity index (χ0) is 23.3. The van der Waals surface area contributed by atoms with Gasteiger partial charge in [0.15, 0.2) is 0 Å². The molecule has 0 radical (unpaired) electrons. The van der Waals surface area contributed by atoms with E-state index in [4.69, 9.17) is 4.74 Å². The van der Waals surface area contributed by atoms with Crippen LogP contribution in [0.25, 0.3) is 5.69 Å². The summed E-state index contributed by atoms with van der Waals surface area (Å²) in [6, 6.07) is 15.4. The predicted molar refractivity (Wildman–Crippen MR) is 127 cm³/mol. The normalized spacial score (nSPS) is 11.0. The Morgan fingerprint density at radius 2 is 1.81 bits per heavy atom. The minimum atomic E-state index is -0.357. The molecule has 0 aliphatic heterocycles. The number of hydrogen-bond acceptors (Lipinski definition) is 4. The lowest BCUT2D eigenvalue weighted by Crippen LogP contribution is -2.20. The molecule has 0 fully saturated rings.